The molecule has 122 valence electrons. The molecule has 0 aliphatic rings. The third-order valence-electron chi connectivity index (χ3n) is 3.68. The highest BCUT2D eigenvalue weighted by Gasteiger charge is 2.06. The maximum atomic E-state index is 11.9. The van der Waals surface area contributed by atoms with Crippen LogP contribution in [0.5, 0.6) is 0 Å². The fourth-order valence-corrected chi connectivity index (χ4v) is 2.20. The Hall–Kier alpha value is -2.43. The molecule has 0 fully saturated rings. The average Bonchev–Trinajstić information content (AvgIpc) is 2.58. The Morgan fingerprint density at radius 3 is 2.57 bits per heavy atom. The van der Waals surface area contributed by atoms with Gasteiger partial charge in [0, 0.05) is 25.5 Å². The smallest absolute Gasteiger partial charge is 0.254 e. The number of hydrogen-bond acceptors (Lipinski definition) is 4. The van der Waals surface area contributed by atoms with Crippen molar-refractivity contribution in [3.05, 3.63) is 53.3 Å². The SMILES string of the molecule is CCCCCNC(=O)c1cnc(NCc2ccccc2C)nc1. The van der Waals surface area contributed by atoms with Crippen LogP contribution in [0.15, 0.2) is 36.7 Å². The summed E-state index contributed by atoms with van der Waals surface area (Å²) >= 11 is 0. The molecule has 23 heavy (non-hydrogen) atoms. The zero-order valence-electron chi connectivity index (χ0n) is 13.8. The Kier molecular flexibility index (Phi) is 6.54. The van der Waals surface area contributed by atoms with Gasteiger partial charge in [0.25, 0.3) is 5.91 Å². The molecule has 1 amide bonds. The lowest BCUT2D eigenvalue weighted by atomic mass is 10.1. The zero-order valence-corrected chi connectivity index (χ0v) is 13.8. The first kappa shape index (κ1) is 16.9. The Morgan fingerprint density at radius 1 is 1.13 bits per heavy atom. The van der Waals surface area contributed by atoms with E-state index in [1.54, 1.807) is 12.4 Å². The van der Waals surface area contributed by atoms with Crippen molar-refractivity contribution < 1.29 is 4.79 Å². The van der Waals surface area contributed by atoms with E-state index in [-0.39, 0.29) is 5.91 Å². The van der Waals surface area contributed by atoms with Crippen molar-refractivity contribution >= 4 is 11.9 Å². The molecule has 2 rings (SSSR count). The van der Waals surface area contributed by atoms with Gasteiger partial charge in [-0.05, 0) is 24.5 Å². The molecular weight excluding hydrogens is 288 g/mol. The zero-order chi connectivity index (χ0) is 16.5. The van der Waals surface area contributed by atoms with Crippen LogP contribution < -0.4 is 10.6 Å². The Morgan fingerprint density at radius 2 is 1.87 bits per heavy atom. The van der Waals surface area contributed by atoms with E-state index in [1.807, 2.05) is 12.1 Å². The van der Waals surface area contributed by atoms with Crippen LogP contribution in [0.3, 0.4) is 0 Å². The molecule has 1 aromatic heterocycles. The van der Waals surface area contributed by atoms with Crippen molar-refractivity contribution in [2.75, 3.05) is 11.9 Å². The maximum Gasteiger partial charge on any atom is 0.254 e. The van der Waals surface area contributed by atoms with E-state index in [2.05, 4.69) is 46.6 Å². The number of rotatable bonds is 8. The average molecular weight is 312 g/mol. The fraction of sp³-hybridized carbons (Fsp3) is 0.389. The molecule has 1 aromatic carbocycles. The van der Waals surface area contributed by atoms with Crippen LogP contribution in [0.25, 0.3) is 0 Å². The van der Waals surface area contributed by atoms with E-state index in [0.717, 1.165) is 19.3 Å². The van der Waals surface area contributed by atoms with E-state index < -0.39 is 0 Å². The summed E-state index contributed by atoms with van der Waals surface area (Å²) in [5.74, 6) is 0.405. The minimum Gasteiger partial charge on any atom is -0.352 e. The monoisotopic (exact) mass is 312 g/mol. The van der Waals surface area contributed by atoms with Gasteiger partial charge in [-0.3, -0.25) is 4.79 Å². The van der Waals surface area contributed by atoms with E-state index in [9.17, 15) is 4.79 Å². The standard InChI is InChI=1S/C18H24N4O/c1-3-4-7-10-19-17(23)16-12-21-18(22-13-16)20-11-15-9-6-5-8-14(15)2/h5-6,8-9,12-13H,3-4,7,10-11H2,1-2H3,(H,19,23)(H,20,21,22). The van der Waals surface area contributed by atoms with Crippen molar-refractivity contribution in [2.24, 2.45) is 0 Å². The van der Waals surface area contributed by atoms with Crippen molar-refractivity contribution in [2.45, 2.75) is 39.7 Å². The number of amides is 1. The molecule has 0 bridgehead atoms. The molecule has 0 saturated carbocycles. The van der Waals surface area contributed by atoms with Gasteiger partial charge in [-0.2, -0.15) is 0 Å². The maximum absolute atomic E-state index is 11.9. The van der Waals surface area contributed by atoms with Gasteiger partial charge in [-0.1, -0.05) is 44.0 Å². The Labute approximate surface area is 137 Å². The van der Waals surface area contributed by atoms with Crippen LogP contribution in [-0.4, -0.2) is 22.4 Å². The molecule has 5 nitrogen and oxygen atoms in total. The summed E-state index contributed by atoms with van der Waals surface area (Å²) in [6.07, 6.45) is 6.38. The summed E-state index contributed by atoms with van der Waals surface area (Å²) in [6, 6.07) is 8.17. The van der Waals surface area contributed by atoms with Crippen molar-refractivity contribution in [1.29, 1.82) is 0 Å². The number of aryl methyl sites for hydroxylation is 1. The van der Waals surface area contributed by atoms with Gasteiger partial charge in [0.2, 0.25) is 5.95 Å². The summed E-state index contributed by atoms with van der Waals surface area (Å²) in [4.78, 5) is 20.3. The van der Waals surface area contributed by atoms with E-state index in [1.165, 1.54) is 11.1 Å². The molecule has 2 aromatic rings. The van der Waals surface area contributed by atoms with Gasteiger partial charge in [-0.25, -0.2) is 9.97 Å². The molecule has 0 aliphatic heterocycles. The normalized spacial score (nSPS) is 10.3. The summed E-state index contributed by atoms with van der Waals surface area (Å²) in [7, 11) is 0. The fourth-order valence-electron chi connectivity index (χ4n) is 2.20. The summed E-state index contributed by atoms with van der Waals surface area (Å²) in [6.45, 7) is 5.57. The number of hydrogen-bond donors (Lipinski definition) is 2. The number of nitrogens with one attached hydrogen (secondary N) is 2. The third kappa shape index (κ3) is 5.36. The molecule has 0 radical (unpaired) electrons. The quantitative estimate of drug-likeness (QED) is 0.734. The van der Waals surface area contributed by atoms with Gasteiger partial charge in [0.15, 0.2) is 0 Å². The van der Waals surface area contributed by atoms with Gasteiger partial charge in [0.1, 0.15) is 0 Å². The molecule has 0 aliphatic carbocycles. The Bertz CT molecular complexity index is 625. The van der Waals surface area contributed by atoms with Crippen LogP contribution in [0.1, 0.15) is 47.7 Å². The second kappa shape index (κ2) is 8.88. The van der Waals surface area contributed by atoms with Crippen molar-refractivity contribution in [3.63, 3.8) is 0 Å². The van der Waals surface area contributed by atoms with E-state index in [4.69, 9.17) is 0 Å². The Balaban J connectivity index is 1.84. The lowest BCUT2D eigenvalue weighted by Crippen LogP contribution is -2.24. The first-order chi connectivity index (χ1) is 11.2. The lowest BCUT2D eigenvalue weighted by Gasteiger charge is -2.08. The van der Waals surface area contributed by atoms with Crippen LogP contribution in [0.4, 0.5) is 5.95 Å². The molecular formula is C18H24N4O. The third-order valence-corrected chi connectivity index (χ3v) is 3.68. The van der Waals surface area contributed by atoms with E-state index in [0.29, 0.717) is 24.6 Å². The highest BCUT2D eigenvalue weighted by atomic mass is 16.1. The topological polar surface area (TPSA) is 66.9 Å². The lowest BCUT2D eigenvalue weighted by molar-refractivity contribution is 0.0952. The second-order valence-corrected chi connectivity index (χ2v) is 5.54. The van der Waals surface area contributed by atoms with Crippen molar-refractivity contribution in [3.8, 4) is 0 Å². The second-order valence-electron chi connectivity index (χ2n) is 5.54. The largest absolute Gasteiger partial charge is 0.352 e. The first-order valence-electron chi connectivity index (χ1n) is 8.09. The van der Waals surface area contributed by atoms with Crippen LogP contribution in [-0.2, 0) is 6.54 Å². The van der Waals surface area contributed by atoms with Crippen LogP contribution in [0, 0.1) is 6.92 Å². The van der Waals surface area contributed by atoms with Crippen molar-refractivity contribution in [1.82, 2.24) is 15.3 Å². The summed E-state index contributed by atoms with van der Waals surface area (Å²) < 4.78 is 0. The van der Waals surface area contributed by atoms with Gasteiger partial charge in [-0.15, -0.1) is 0 Å². The molecule has 0 saturated heterocycles. The summed E-state index contributed by atoms with van der Waals surface area (Å²) in [5.41, 5.74) is 2.92. The predicted molar refractivity (Wildman–Crippen MR) is 92.4 cm³/mol. The van der Waals surface area contributed by atoms with Crippen LogP contribution in [0.2, 0.25) is 0 Å². The molecule has 0 spiro atoms. The number of carbonyl (C=O) groups is 1. The minimum absolute atomic E-state index is 0.119. The molecule has 0 unspecified atom stereocenters. The minimum atomic E-state index is -0.119. The molecule has 2 N–H and O–H groups in total. The predicted octanol–water partition coefficient (Wildman–Crippen LogP) is 3.32. The van der Waals surface area contributed by atoms with Gasteiger partial charge in [0.05, 0.1) is 5.56 Å². The van der Waals surface area contributed by atoms with Gasteiger partial charge < -0.3 is 10.6 Å². The molecule has 5 heteroatoms. The number of benzene rings is 1. The highest BCUT2D eigenvalue weighted by molar-refractivity contribution is 5.93. The number of aromatic nitrogens is 2. The first-order valence-corrected chi connectivity index (χ1v) is 8.09. The number of unbranched alkanes of at least 4 members (excludes halogenated alkanes) is 2. The number of nitrogens with zero attached hydrogens (tertiary/aromatic N) is 2. The van der Waals surface area contributed by atoms with Crippen LogP contribution >= 0.6 is 0 Å². The van der Waals surface area contributed by atoms with E-state index >= 15 is 0 Å². The van der Waals surface area contributed by atoms with Gasteiger partial charge >= 0.3 is 0 Å². The summed E-state index contributed by atoms with van der Waals surface area (Å²) in [5, 5.41) is 6.05. The molecule has 0 atom stereocenters. The highest BCUT2D eigenvalue weighted by Crippen LogP contribution is 2.09. The number of anilines is 1. The molecule has 1 heterocycles. The number of carbonyl (C=O) groups excluding carboxylic acids is 1.